The maximum Gasteiger partial charge on any atom is 0.324 e. The maximum absolute atomic E-state index is 11.2. The number of nitrogens with zero attached hydrogens (tertiary/aromatic N) is 2. The van der Waals surface area contributed by atoms with Gasteiger partial charge in [-0.05, 0) is 24.9 Å². The van der Waals surface area contributed by atoms with Gasteiger partial charge in [-0.3, -0.25) is 19.8 Å². The van der Waals surface area contributed by atoms with E-state index in [1.807, 2.05) is 0 Å². The second-order valence-electron chi connectivity index (χ2n) is 4.53. The van der Waals surface area contributed by atoms with Gasteiger partial charge in [-0.2, -0.15) is 0 Å². The molecule has 1 fully saturated rings. The van der Waals surface area contributed by atoms with Crippen LogP contribution in [0.25, 0.3) is 0 Å². The molecule has 0 aromatic carbocycles. The molecule has 1 unspecified atom stereocenters. The molecule has 1 aliphatic rings. The van der Waals surface area contributed by atoms with Crippen LogP contribution in [0.2, 0.25) is 0 Å². The topological polar surface area (TPSA) is 89.5 Å². The first kappa shape index (κ1) is 13.0. The normalized spacial score (nSPS) is 20.8. The number of amides is 1. The van der Waals surface area contributed by atoms with Gasteiger partial charge < -0.3 is 5.73 Å². The maximum atomic E-state index is 11.2. The number of nitrogens with two attached hydrogens (primary N) is 1. The van der Waals surface area contributed by atoms with Crippen molar-refractivity contribution < 1.29 is 9.72 Å². The summed E-state index contributed by atoms with van der Waals surface area (Å²) < 4.78 is 0. The molecule has 0 radical (unpaired) electrons. The summed E-state index contributed by atoms with van der Waals surface area (Å²) in [5.41, 5.74) is 6.24. The number of hydrogen-bond donors (Lipinski definition) is 1. The summed E-state index contributed by atoms with van der Waals surface area (Å²) in [5, 5.41) is 12.5. The highest BCUT2D eigenvalue weighted by Gasteiger charge is 2.24. The molecular weight excluding hydrogens is 254 g/mol. The average Bonchev–Trinajstić information content (AvgIpc) is 2.78. The fourth-order valence-electron chi connectivity index (χ4n) is 2.23. The lowest BCUT2D eigenvalue weighted by molar-refractivity contribution is -0.380. The molecule has 2 rings (SSSR count). The van der Waals surface area contributed by atoms with Gasteiger partial charge in [-0.1, -0.05) is 11.3 Å². The first-order valence-corrected chi connectivity index (χ1v) is 6.67. The van der Waals surface area contributed by atoms with Crippen LogP contribution in [0.4, 0.5) is 5.00 Å². The minimum atomic E-state index is -0.378. The fraction of sp³-hybridized carbons (Fsp3) is 0.545. The molecule has 2 N–H and O–H groups in total. The third kappa shape index (κ3) is 3.05. The van der Waals surface area contributed by atoms with Gasteiger partial charge in [0, 0.05) is 24.5 Å². The van der Waals surface area contributed by atoms with E-state index in [4.69, 9.17) is 5.73 Å². The van der Waals surface area contributed by atoms with Gasteiger partial charge >= 0.3 is 5.00 Å². The molecule has 1 aromatic rings. The van der Waals surface area contributed by atoms with Crippen molar-refractivity contribution in [1.29, 1.82) is 0 Å². The van der Waals surface area contributed by atoms with E-state index in [1.165, 1.54) is 0 Å². The molecule has 0 aliphatic carbocycles. The van der Waals surface area contributed by atoms with Crippen LogP contribution >= 0.6 is 11.3 Å². The number of carbonyl (C=O) groups is 1. The zero-order valence-corrected chi connectivity index (χ0v) is 10.7. The van der Waals surface area contributed by atoms with E-state index < -0.39 is 0 Å². The predicted molar refractivity (Wildman–Crippen MR) is 68.2 cm³/mol. The minimum absolute atomic E-state index is 0.0904. The molecule has 1 aromatic heterocycles. The van der Waals surface area contributed by atoms with Gasteiger partial charge in [-0.15, -0.1) is 0 Å². The van der Waals surface area contributed by atoms with Crippen LogP contribution in [-0.2, 0) is 11.3 Å². The molecular formula is C11H15N3O3S. The molecule has 1 aliphatic heterocycles. The molecule has 2 heterocycles. The number of carbonyl (C=O) groups excluding carboxylic acids is 1. The van der Waals surface area contributed by atoms with E-state index in [2.05, 4.69) is 4.90 Å². The van der Waals surface area contributed by atoms with Crippen molar-refractivity contribution in [3.05, 3.63) is 27.1 Å². The molecule has 0 bridgehead atoms. The number of primary amides is 1. The van der Waals surface area contributed by atoms with Gasteiger partial charge in [0.05, 0.1) is 10.8 Å². The Bertz CT molecular complexity index is 460. The Morgan fingerprint density at radius 1 is 1.67 bits per heavy atom. The molecule has 1 amide bonds. The monoisotopic (exact) mass is 269 g/mol. The van der Waals surface area contributed by atoms with Crippen LogP contribution in [-0.4, -0.2) is 28.8 Å². The number of hydrogen-bond acceptors (Lipinski definition) is 5. The van der Waals surface area contributed by atoms with Crippen molar-refractivity contribution in [1.82, 2.24) is 4.90 Å². The van der Waals surface area contributed by atoms with Crippen molar-refractivity contribution in [2.45, 2.75) is 19.4 Å². The summed E-state index contributed by atoms with van der Waals surface area (Å²) in [7, 11) is 0. The van der Waals surface area contributed by atoms with Crippen LogP contribution in [0.15, 0.2) is 11.4 Å². The molecule has 18 heavy (non-hydrogen) atoms. The van der Waals surface area contributed by atoms with Gasteiger partial charge in [0.25, 0.3) is 0 Å². The van der Waals surface area contributed by atoms with Crippen molar-refractivity contribution in [3.63, 3.8) is 0 Å². The SMILES string of the molecule is NC(=O)C1CCCN(Cc2csc([N+](=O)[O-])c2)C1. The second-order valence-corrected chi connectivity index (χ2v) is 5.42. The Labute approximate surface area is 109 Å². The molecule has 0 saturated carbocycles. The third-order valence-corrected chi connectivity index (χ3v) is 4.06. The Morgan fingerprint density at radius 3 is 3.06 bits per heavy atom. The number of piperidine rings is 1. The summed E-state index contributed by atoms with van der Waals surface area (Å²) in [6.07, 6.45) is 1.79. The van der Waals surface area contributed by atoms with Crippen molar-refractivity contribution in [2.75, 3.05) is 13.1 Å². The molecule has 0 spiro atoms. The average molecular weight is 269 g/mol. The Kier molecular flexibility index (Phi) is 3.93. The van der Waals surface area contributed by atoms with Crippen LogP contribution in [0.5, 0.6) is 0 Å². The highest BCUT2D eigenvalue weighted by atomic mass is 32.1. The first-order chi connectivity index (χ1) is 8.56. The summed E-state index contributed by atoms with van der Waals surface area (Å²) in [5.74, 6) is -0.344. The van der Waals surface area contributed by atoms with E-state index in [-0.39, 0.29) is 21.7 Å². The number of thiophene rings is 1. The highest BCUT2D eigenvalue weighted by molar-refractivity contribution is 7.13. The lowest BCUT2D eigenvalue weighted by atomic mass is 9.97. The van der Waals surface area contributed by atoms with Crippen LogP contribution in [0.3, 0.4) is 0 Å². The number of likely N-dealkylation sites (tertiary alicyclic amines) is 1. The summed E-state index contributed by atoms with van der Waals surface area (Å²) in [6.45, 7) is 2.21. The fourth-order valence-corrected chi connectivity index (χ4v) is 2.95. The first-order valence-electron chi connectivity index (χ1n) is 5.79. The largest absolute Gasteiger partial charge is 0.369 e. The Balaban J connectivity index is 1.96. The van der Waals surface area contributed by atoms with Crippen molar-refractivity contribution in [3.8, 4) is 0 Å². The molecule has 6 nitrogen and oxygen atoms in total. The zero-order chi connectivity index (χ0) is 13.1. The third-order valence-electron chi connectivity index (χ3n) is 3.13. The minimum Gasteiger partial charge on any atom is -0.369 e. The quantitative estimate of drug-likeness (QED) is 0.660. The van der Waals surface area contributed by atoms with Crippen LogP contribution in [0, 0.1) is 16.0 Å². The Morgan fingerprint density at radius 2 is 2.44 bits per heavy atom. The van der Waals surface area contributed by atoms with Gasteiger partial charge in [0.2, 0.25) is 5.91 Å². The second kappa shape index (κ2) is 5.45. The highest BCUT2D eigenvalue weighted by Crippen LogP contribution is 2.25. The van der Waals surface area contributed by atoms with Crippen molar-refractivity contribution >= 4 is 22.2 Å². The summed E-state index contributed by atoms with van der Waals surface area (Å²) in [4.78, 5) is 23.5. The lowest BCUT2D eigenvalue weighted by Gasteiger charge is -2.30. The van der Waals surface area contributed by atoms with E-state index in [0.29, 0.717) is 13.1 Å². The Hall–Kier alpha value is -1.47. The van der Waals surface area contributed by atoms with E-state index in [0.717, 1.165) is 36.3 Å². The number of rotatable bonds is 4. The van der Waals surface area contributed by atoms with Crippen molar-refractivity contribution in [2.24, 2.45) is 11.7 Å². The lowest BCUT2D eigenvalue weighted by Crippen LogP contribution is -2.40. The van der Waals surface area contributed by atoms with Gasteiger partial charge in [0.1, 0.15) is 0 Å². The summed E-state index contributed by atoms with van der Waals surface area (Å²) in [6, 6.07) is 1.60. The van der Waals surface area contributed by atoms with E-state index in [9.17, 15) is 14.9 Å². The van der Waals surface area contributed by atoms with Crippen LogP contribution < -0.4 is 5.73 Å². The number of nitro groups is 1. The molecule has 7 heteroatoms. The molecule has 1 atom stereocenters. The standard InChI is InChI=1S/C11H15N3O3S/c12-11(15)9-2-1-3-13(6-9)5-8-4-10(14(16)17)18-7-8/h4,7,9H,1-3,5-6H2,(H2,12,15). The van der Waals surface area contributed by atoms with Crippen LogP contribution in [0.1, 0.15) is 18.4 Å². The molecule has 98 valence electrons. The van der Waals surface area contributed by atoms with Gasteiger partial charge in [0.15, 0.2) is 0 Å². The smallest absolute Gasteiger partial charge is 0.324 e. The van der Waals surface area contributed by atoms with Gasteiger partial charge in [-0.25, -0.2) is 0 Å². The van der Waals surface area contributed by atoms with E-state index in [1.54, 1.807) is 11.4 Å². The summed E-state index contributed by atoms with van der Waals surface area (Å²) >= 11 is 1.14. The molecule has 1 saturated heterocycles. The predicted octanol–water partition coefficient (Wildman–Crippen LogP) is 1.35. The van der Waals surface area contributed by atoms with E-state index >= 15 is 0 Å². The zero-order valence-electron chi connectivity index (χ0n) is 9.87.